The molecule has 1 aliphatic carbocycles. The number of alkyl carbamates (subject to hydrolysis) is 1. The van der Waals surface area contributed by atoms with Crippen molar-refractivity contribution in [2.75, 3.05) is 20.3 Å². The Hall–Kier alpha value is -0.810. The molecule has 0 spiro atoms. The molecule has 21 heavy (non-hydrogen) atoms. The molecule has 0 aromatic heterocycles. The summed E-state index contributed by atoms with van der Waals surface area (Å²) in [7, 11) is 1.74. The van der Waals surface area contributed by atoms with Crippen LogP contribution in [-0.2, 0) is 9.47 Å². The van der Waals surface area contributed by atoms with Gasteiger partial charge in [-0.1, -0.05) is 13.8 Å². The van der Waals surface area contributed by atoms with Crippen LogP contribution in [0, 0.1) is 5.41 Å². The van der Waals surface area contributed by atoms with Crippen LogP contribution >= 0.6 is 0 Å². The molecule has 0 aliphatic heterocycles. The van der Waals surface area contributed by atoms with Crippen LogP contribution in [0.3, 0.4) is 0 Å². The van der Waals surface area contributed by atoms with E-state index in [9.17, 15) is 4.79 Å². The average molecular weight is 300 g/mol. The number of amides is 1. The second-order valence-corrected chi connectivity index (χ2v) is 7.80. The van der Waals surface area contributed by atoms with Crippen molar-refractivity contribution in [2.45, 2.75) is 71.6 Å². The number of methoxy groups -OCH3 is 1. The molecule has 5 nitrogen and oxygen atoms in total. The zero-order chi connectivity index (χ0) is 16.1. The monoisotopic (exact) mass is 300 g/mol. The quantitative estimate of drug-likeness (QED) is 0.759. The highest BCUT2D eigenvalue weighted by molar-refractivity contribution is 5.68. The molecule has 0 aromatic carbocycles. The summed E-state index contributed by atoms with van der Waals surface area (Å²) in [5.74, 6) is 0. The molecule has 0 unspecified atom stereocenters. The summed E-state index contributed by atoms with van der Waals surface area (Å²) in [5.41, 5.74) is -0.198. The SMILES string of the molecule is COCCC(C)(C)CNC1CC(NC(=O)OC(C)(C)C)C1. The van der Waals surface area contributed by atoms with E-state index in [-0.39, 0.29) is 17.6 Å². The van der Waals surface area contributed by atoms with Gasteiger partial charge in [0.05, 0.1) is 0 Å². The van der Waals surface area contributed by atoms with E-state index in [0.717, 1.165) is 32.4 Å². The van der Waals surface area contributed by atoms with E-state index in [1.54, 1.807) is 7.11 Å². The lowest BCUT2D eigenvalue weighted by Crippen LogP contribution is -2.54. The third kappa shape index (κ3) is 7.67. The molecule has 1 rings (SSSR count). The van der Waals surface area contributed by atoms with Gasteiger partial charge in [0.1, 0.15) is 5.60 Å². The number of hydrogen-bond acceptors (Lipinski definition) is 4. The third-order valence-corrected chi connectivity index (χ3v) is 3.71. The fourth-order valence-corrected chi connectivity index (χ4v) is 2.26. The van der Waals surface area contributed by atoms with Crippen LogP contribution in [0.2, 0.25) is 0 Å². The highest BCUT2D eigenvalue weighted by atomic mass is 16.6. The summed E-state index contributed by atoms with van der Waals surface area (Å²) in [6.07, 6.45) is 2.67. The molecule has 1 aliphatic rings. The van der Waals surface area contributed by atoms with Gasteiger partial charge in [-0.3, -0.25) is 0 Å². The summed E-state index contributed by atoms with van der Waals surface area (Å²) in [6, 6.07) is 0.728. The van der Waals surface area contributed by atoms with Gasteiger partial charge in [-0.05, 0) is 45.4 Å². The van der Waals surface area contributed by atoms with E-state index in [2.05, 4.69) is 24.5 Å². The van der Waals surface area contributed by atoms with Crippen molar-refractivity contribution in [1.29, 1.82) is 0 Å². The average Bonchev–Trinajstić information content (AvgIpc) is 2.27. The first-order valence-electron chi connectivity index (χ1n) is 7.83. The standard InChI is InChI=1S/C16H32N2O3/c1-15(2,3)21-14(19)18-13-9-12(10-13)17-11-16(4,5)7-8-20-6/h12-13,17H,7-11H2,1-6H3,(H,18,19). The lowest BCUT2D eigenvalue weighted by atomic mass is 9.84. The van der Waals surface area contributed by atoms with Gasteiger partial charge in [-0.25, -0.2) is 4.79 Å². The van der Waals surface area contributed by atoms with Gasteiger partial charge in [0.2, 0.25) is 0 Å². The first-order chi connectivity index (χ1) is 9.61. The van der Waals surface area contributed by atoms with E-state index < -0.39 is 5.60 Å². The van der Waals surface area contributed by atoms with Crippen molar-refractivity contribution in [3.63, 3.8) is 0 Å². The van der Waals surface area contributed by atoms with Crippen molar-refractivity contribution < 1.29 is 14.3 Å². The molecule has 1 saturated carbocycles. The van der Waals surface area contributed by atoms with Crippen LogP contribution < -0.4 is 10.6 Å². The van der Waals surface area contributed by atoms with Crippen LogP contribution in [-0.4, -0.2) is 44.0 Å². The fourth-order valence-electron chi connectivity index (χ4n) is 2.26. The Bertz CT molecular complexity index is 331. The Morgan fingerprint density at radius 2 is 1.76 bits per heavy atom. The molecule has 0 radical (unpaired) electrons. The van der Waals surface area contributed by atoms with Gasteiger partial charge in [0, 0.05) is 32.3 Å². The number of ether oxygens (including phenoxy) is 2. The van der Waals surface area contributed by atoms with Crippen molar-refractivity contribution in [3.8, 4) is 0 Å². The molecule has 2 N–H and O–H groups in total. The van der Waals surface area contributed by atoms with Gasteiger partial charge in [-0.15, -0.1) is 0 Å². The summed E-state index contributed by atoms with van der Waals surface area (Å²) >= 11 is 0. The number of carbonyl (C=O) groups excluding carboxylic acids is 1. The largest absolute Gasteiger partial charge is 0.444 e. The first-order valence-corrected chi connectivity index (χ1v) is 7.83. The van der Waals surface area contributed by atoms with E-state index >= 15 is 0 Å². The van der Waals surface area contributed by atoms with Crippen LogP contribution in [0.15, 0.2) is 0 Å². The first kappa shape index (κ1) is 18.2. The Morgan fingerprint density at radius 3 is 2.29 bits per heavy atom. The molecule has 1 amide bonds. The molecule has 0 aromatic rings. The van der Waals surface area contributed by atoms with Gasteiger partial charge >= 0.3 is 6.09 Å². The van der Waals surface area contributed by atoms with Crippen LogP contribution in [0.25, 0.3) is 0 Å². The van der Waals surface area contributed by atoms with Gasteiger partial charge < -0.3 is 20.1 Å². The zero-order valence-electron chi connectivity index (χ0n) is 14.4. The maximum absolute atomic E-state index is 11.6. The lowest BCUT2D eigenvalue weighted by Gasteiger charge is -2.38. The van der Waals surface area contributed by atoms with Crippen molar-refractivity contribution in [1.82, 2.24) is 10.6 Å². The predicted octanol–water partition coefficient (Wildman–Crippen LogP) is 2.69. The molecular formula is C16H32N2O3. The summed E-state index contributed by atoms with van der Waals surface area (Å²) in [4.78, 5) is 11.6. The minimum absolute atomic E-state index is 0.236. The Balaban J connectivity index is 2.15. The molecular weight excluding hydrogens is 268 g/mol. The lowest BCUT2D eigenvalue weighted by molar-refractivity contribution is 0.0461. The predicted molar refractivity (Wildman–Crippen MR) is 84.5 cm³/mol. The van der Waals surface area contributed by atoms with Crippen LogP contribution in [0.5, 0.6) is 0 Å². The van der Waals surface area contributed by atoms with Gasteiger partial charge in [-0.2, -0.15) is 0 Å². The van der Waals surface area contributed by atoms with Crippen molar-refractivity contribution in [3.05, 3.63) is 0 Å². The van der Waals surface area contributed by atoms with E-state index in [1.807, 2.05) is 20.8 Å². The molecule has 0 heterocycles. The second kappa shape index (κ2) is 7.45. The van der Waals surface area contributed by atoms with E-state index in [1.165, 1.54) is 0 Å². The second-order valence-electron chi connectivity index (χ2n) is 7.80. The summed E-state index contributed by atoms with van der Waals surface area (Å²) < 4.78 is 10.4. The molecule has 1 fully saturated rings. The maximum atomic E-state index is 11.6. The Labute approximate surface area is 129 Å². The van der Waals surface area contributed by atoms with Crippen molar-refractivity contribution >= 4 is 6.09 Å². The molecule has 0 bridgehead atoms. The normalized spacial score (nSPS) is 22.6. The molecule has 124 valence electrons. The number of carbonyl (C=O) groups is 1. The van der Waals surface area contributed by atoms with Crippen molar-refractivity contribution in [2.24, 2.45) is 5.41 Å². The highest BCUT2D eigenvalue weighted by Crippen LogP contribution is 2.24. The number of hydrogen-bond donors (Lipinski definition) is 2. The third-order valence-electron chi connectivity index (χ3n) is 3.71. The smallest absolute Gasteiger partial charge is 0.407 e. The minimum atomic E-state index is -0.434. The summed E-state index contributed by atoms with van der Waals surface area (Å²) in [6.45, 7) is 11.9. The Morgan fingerprint density at radius 1 is 1.14 bits per heavy atom. The summed E-state index contributed by atoms with van der Waals surface area (Å²) in [5, 5.41) is 6.49. The molecule has 5 heteroatoms. The number of nitrogens with one attached hydrogen (secondary N) is 2. The Kier molecular flexibility index (Phi) is 6.47. The fraction of sp³-hybridized carbons (Fsp3) is 0.938. The maximum Gasteiger partial charge on any atom is 0.407 e. The van der Waals surface area contributed by atoms with E-state index in [0.29, 0.717) is 6.04 Å². The number of rotatable bonds is 7. The molecule has 0 atom stereocenters. The van der Waals surface area contributed by atoms with Gasteiger partial charge in [0.15, 0.2) is 0 Å². The highest BCUT2D eigenvalue weighted by Gasteiger charge is 2.32. The molecule has 0 saturated heterocycles. The minimum Gasteiger partial charge on any atom is -0.444 e. The van der Waals surface area contributed by atoms with Crippen LogP contribution in [0.4, 0.5) is 4.79 Å². The van der Waals surface area contributed by atoms with Gasteiger partial charge in [0.25, 0.3) is 0 Å². The zero-order valence-corrected chi connectivity index (χ0v) is 14.4. The van der Waals surface area contributed by atoms with E-state index in [4.69, 9.17) is 9.47 Å². The van der Waals surface area contributed by atoms with Crippen LogP contribution in [0.1, 0.15) is 53.9 Å². The topological polar surface area (TPSA) is 59.6 Å².